The van der Waals surface area contributed by atoms with Crippen molar-refractivity contribution >= 4 is 5.69 Å². The highest BCUT2D eigenvalue weighted by atomic mass is 16.6. The monoisotopic (exact) mass is 219 g/mol. The summed E-state index contributed by atoms with van der Waals surface area (Å²) < 4.78 is 1.21. The standard InChI is InChI=1S/C10H9N3O3/c1-7-2-3-8(9(6-7)13(15)16)12-5-4-11-10(12)14/h2-6H,1H3,(H,11,14). The first kappa shape index (κ1) is 10.2. The Morgan fingerprint density at radius 3 is 2.75 bits per heavy atom. The molecule has 0 amide bonds. The second-order valence-electron chi connectivity index (χ2n) is 3.38. The molecule has 0 atom stereocenters. The average molecular weight is 219 g/mol. The van der Waals surface area contributed by atoms with Crippen LogP contribution in [0.3, 0.4) is 0 Å². The number of aryl methyl sites for hydroxylation is 1. The predicted molar refractivity (Wildman–Crippen MR) is 57.8 cm³/mol. The van der Waals surface area contributed by atoms with E-state index in [0.717, 1.165) is 5.56 Å². The van der Waals surface area contributed by atoms with Gasteiger partial charge in [-0.25, -0.2) is 4.79 Å². The summed E-state index contributed by atoms with van der Waals surface area (Å²) in [5.41, 5.74) is 0.564. The van der Waals surface area contributed by atoms with Crippen LogP contribution in [0.4, 0.5) is 5.69 Å². The minimum Gasteiger partial charge on any atom is -0.312 e. The van der Waals surface area contributed by atoms with Gasteiger partial charge >= 0.3 is 5.69 Å². The molecule has 16 heavy (non-hydrogen) atoms. The predicted octanol–water partition coefficient (Wildman–Crippen LogP) is 1.38. The number of rotatable bonds is 2. The summed E-state index contributed by atoms with van der Waals surface area (Å²) in [6.45, 7) is 1.76. The van der Waals surface area contributed by atoms with Crippen molar-refractivity contribution in [2.75, 3.05) is 0 Å². The quantitative estimate of drug-likeness (QED) is 0.612. The minimum atomic E-state index is -0.498. The van der Waals surface area contributed by atoms with Crippen molar-refractivity contribution in [3.63, 3.8) is 0 Å². The summed E-state index contributed by atoms with van der Waals surface area (Å²) in [6, 6.07) is 4.72. The number of benzene rings is 1. The number of nitrogens with zero attached hydrogens (tertiary/aromatic N) is 2. The first-order valence-corrected chi connectivity index (χ1v) is 4.61. The SMILES string of the molecule is Cc1ccc(-n2cc[nH]c2=O)c([N+](=O)[O-])c1. The molecule has 0 radical (unpaired) electrons. The highest BCUT2D eigenvalue weighted by Gasteiger charge is 2.16. The topological polar surface area (TPSA) is 80.9 Å². The van der Waals surface area contributed by atoms with Gasteiger partial charge < -0.3 is 4.98 Å². The van der Waals surface area contributed by atoms with E-state index in [9.17, 15) is 14.9 Å². The van der Waals surface area contributed by atoms with Crippen LogP contribution in [0.25, 0.3) is 5.69 Å². The van der Waals surface area contributed by atoms with E-state index in [4.69, 9.17) is 0 Å². The lowest BCUT2D eigenvalue weighted by Gasteiger charge is -2.03. The molecule has 1 aromatic carbocycles. The summed E-state index contributed by atoms with van der Waals surface area (Å²) >= 11 is 0. The molecule has 2 aromatic rings. The molecule has 0 spiro atoms. The first-order valence-electron chi connectivity index (χ1n) is 4.61. The van der Waals surface area contributed by atoms with Gasteiger partial charge in [0.1, 0.15) is 5.69 Å². The number of hydrogen-bond donors (Lipinski definition) is 1. The Morgan fingerprint density at radius 2 is 2.19 bits per heavy atom. The van der Waals surface area contributed by atoms with E-state index in [1.165, 1.54) is 23.0 Å². The zero-order chi connectivity index (χ0) is 11.7. The van der Waals surface area contributed by atoms with Crippen LogP contribution in [-0.4, -0.2) is 14.5 Å². The Labute approximate surface area is 90.3 Å². The van der Waals surface area contributed by atoms with E-state index in [-0.39, 0.29) is 11.4 Å². The van der Waals surface area contributed by atoms with Gasteiger partial charge in [0.2, 0.25) is 0 Å². The molecule has 0 aliphatic heterocycles. The van der Waals surface area contributed by atoms with Gasteiger partial charge in [-0.15, -0.1) is 0 Å². The van der Waals surface area contributed by atoms with Gasteiger partial charge in [0.15, 0.2) is 0 Å². The fourth-order valence-electron chi connectivity index (χ4n) is 1.49. The molecule has 0 unspecified atom stereocenters. The number of aromatic amines is 1. The van der Waals surface area contributed by atoms with Crippen molar-refractivity contribution in [2.45, 2.75) is 6.92 Å². The number of imidazole rings is 1. The van der Waals surface area contributed by atoms with Crippen LogP contribution in [0.2, 0.25) is 0 Å². The fourth-order valence-corrected chi connectivity index (χ4v) is 1.49. The molecule has 0 bridgehead atoms. The molecule has 1 N–H and O–H groups in total. The van der Waals surface area contributed by atoms with Crippen molar-refractivity contribution < 1.29 is 4.92 Å². The van der Waals surface area contributed by atoms with E-state index in [2.05, 4.69) is 4.98 Å². The van der Waals surface area contributed by atoms with E-state index in [1.54, 1.807) is 19.1 Å². The Morgan fingerprint density at radius 1 is 1.44 bits per heavy atom. The molecule has 1 heterocycles. The third-order valence-electron chi connectivity index (χ3n) is 2.24. The van der Waals surface area contributed by atoms with Gasteiger partial charge in [-0.2, -0.15) is 0 Å². The average Bonchev–Trinajstić information content (AvgIpc) is 2.64. The Kier molecular flexibility index (Phi) is 2.32. The van der Waals surface area contributed by atoms with Crippen LogP contribution < -0.4 is 5.69 Å². The van der Waals surface area contributed by atoms with Crippen molar-refractivity contribution in [2.24, 2.45) is 0 Å². The van der Waals surface area contributed by atoms with Gasteiger partial charge in [-0.3, -0.25) is 14.7 Å². The van der Waals surface area contributed by atoms with Crippen molar-refractivity contribution in [3.05, 3.63) is 56.8 Å². The summed E-state index contributed by atoms with van der Waals surface area (Å²) in [7, 11) is 0. The molecule has 0 fully saturated rings. The normalized spacial score (nSPS) is 10.3. The number of nitrogens with one attached hydrogen (secondary N) is 1. The lowest BCUT2D eigenvalue weighted by molar-refractivity contribution is -0.384. The van der Waals surface area contributed by atoms with Crippen LogP contribution in [0.15, 0.2) is 35.4 Å². The second-order valence-corrected chi connectivity index (χ2v) is 3.38. The molecule has 0 aliphatic rings. The Hall–Kier alpha value is -2.37. The molecule has 0 saturated carbocycles. The van der Waals surface area contributed by atoms with Crippen molar-refractivity contribution in [3.8, 4) is 5.69 Å². The van der Waals surface area contributed by atoms with E-state index >= 15 is 0 Å². The van der Waals surface area contributed by atoms with Crippen LogP contribution in [0, 0.1) is 17.0 Å². The fraction of sp³-hybridized carbons (Fsp3) is 0.100. The molecule has 1 aromatic heterocycles. The second kappa shape index (κ2) is 3.65. The molecular formula is C10H9N3O3. The Balaban J connectivity index is 2.70. The van der Waals surface area contributed by atoms with Crippen molar-refractivity contribution in [1.82, 2.24) is 9.55 Å². The lowest BCUT2D eigenvalue weighted by Crippen LogP contribution is -2.15. The smallest absolute Gasteiger partial charge is 0.312 e. The van der Waals surface area contributed by atoms with Gasteiger partial charge in [-0.05, 0) is 18.6 Å². The number of hydrogen-bond acceptors (Lipinski definition) is 3. The van der Waals surface area contributed by atoms with E-state index in [1.807, 2.05) is 0 Å². The molecule has 0 aliphatic carbocycles. The van der Waals surface area contributed by atoms with Crippen molar-refractivity contribution in [1.29, 1.82) is 0 Å². The maximum Gasteiger partial charge on any atom is 0.330 e. The van der Waals surface area contributed by atoms with Gasteiger partial charge in [0.05, 0.1) is 4.92 Å². The third-order valence-corrected chi connectivity index (χ3v) is 2.24. The zero-order valence-electron chi connectivity index (χ0n) is 8.51. The van der Waals surface area contributed by atoms with Gasteiger partial charge in [0, 0.05) is 18.5 Å². The van der Waals surface area contributed by atoms with E-state index in [0.29, 0.717) is 0 Å². The minimum absolute atomic E-state index is 0.0818. The summed E-state index contributed by atoms with van der Waals surface area (Å²) in [4.78, 5) is 24.2. The third kappa shape index (κ3) is 1.60. The summed E-state index contributed by atoms with van der Waals surface area (Å²) in [5, 5.41) is 10.9. The molecule has 6 nitrogen and oxygen atoms in total. The number of nitro groups is 1. The molecular weight excluding hydrogens is 210 g/mol. The maximum absolute atomic E-state index is 11.4. The van der Waals surface area contributed by atoms with E-state index < -0.39 is 10.6 Å². The summed E-state index contributed by atoms with van der Waals surface area (Å²) in [6.07, 6.45) is 2.89. The van der Waals surface area contributed by atoms with Crippen LogP contribution >= 0.6 is 0 Å². The molecule has 2 rings (SSSR count). The summed E-state index contributed by atoms with van der Waals surface area (Å²) in [5.74, 6) is 0. The molecule has 82 valence electrons. The van der Waals surface area contributed by atoms with Crippen LogP contribution in [0.1, 0.15) is 5.56 Å². The van der Waals surface area contributed by atoms with Gasteiger partial charge in [0.25, 0.3) is 5.69 Å². The highest BCUT2D eigenvalue weighted by molar-refractivity contribution is 5.53. The first-order chi connectivity index (χ1) is 7.59. The van der Waals surface area contributed by atoms with Crippen LogP contribution in [-0.2, 0) is 0 Å². The zero-order valence-corrected chi connectivity index (χ0v) is 8.51. The number of nitro benzene ring substituents is 1. The number of aromatic nitrogens is 2. The van der Waals surface area contributed by atoms with Crippen LogP contribution in [0.5, 0.6) is 0 Å². The number of H-pyrrole nitrogens is 1. The maximum atomic E-state index is 11.4. The lowest BCUT2D eigenvalue weighted by atomic mass is 10.2. The highest BCUT2D eigenvalue weighted by Crippen LogP contribution is 2.22. The van der Waals surface area contributed by atoms with Gasteiger partial charge in [-0.1, -0.05) is 6.07 Å². The molecule has 0 saturated heterocycles. The largest absolute Gasteiger partial charge is 0.330 e. The Bertz CT molecular complexity index is 597. The molecule has 6 heteroatoms.